The van der Waals surface area contributed by atoms with Crippen LogP contribution in [-0.4, -0.2) is 72.8 Å². The number of rotatable bonds is 11. The number of ether oxygens (including phenoxy) is 1. The smallest absolute Gasteiger partial charge is 0.855 e. The molecule has 38 heavy (non-hydrogen) atoms. The van der Waals surface area contributed by atoms with Gasteiger partial charge in [0.1, 0.15) is 0 Å². The van der Waals surface area contributed by atoms with Crippen LogP contribution in [0.15, 0.2) is 12.2 Å². The molecule has 14 heteroatoms. The summed E-state index contributed by atoms with van der Waals surface area (Å²) in [7, 11) is -8.40. The first kappa shape index (κ1) is 51.3. The van der Waals surface area contributed by atoms with E-state index >= 15 is 0 Å². The number of hydrogen-bond acceptors (Lipinski definition) is 9. The molecule has 228 valence electrons. The number of hydrogen-bond donors (Lipinski definition) is 0. The topological polar surface area (TPSA) is 146 Å². The first-order valence-electron chi connectivity index (χ1n) is 12.9. The Bertz CT molecular complexity index is 488. The van der Waals surface area contributed by atoms with Gasteiger partial charge in [-0.15, -0.1) is 26.4 Å². The first-order chi connectivity index (χ1) is 16.6. The molecule has 0 saturated carbocycles. The summed E-state index contributed by atoms with van der Waals surface area (Å²) in [6.45, 7) is 31.3. The zero-order valence-electron chi connectivity index (χ0n) is 26.8. The Hall–Kier alpha value is 0.512. The van der Waals surface area contributed by atoms with Gasteiger partial charge < -0.3 is 37.5 Å². The molecule has 0 heterocycles. The van der Waals surface area contributed by atoms with E-state index in [0.717, 1.165) is 0 Å². The van der Waals surface area contributed by atoms with Crippen molar-refractivity contribution < 1.29 is 64.0 Å². The fourth-order valence-corrected chi connectivity index (χ4v) is 16.8. The molecule has 0 aliphatic heterocycles. The van der Waals surface area contributed by atoms with E-state index in [2.05, 4.69) is 65.5 Å². The fraction of sp³-hybridized carbons (Fsp3) is 0.875. The Balaban J connectivity index is -0.000000166. The van der Waals surface area contributed by atoms with Crippen molar-refractivity contribution >= 4 is 39.7 Å². The molecular formula is C24H58O9Si4Ti. The quantitative estimate of drug-likeness (QED) is 0.142. The summed E-state index contributed by atoms with van der Waals surface area (Å²) in [5.74, 6) is -0.351. The van der Waals surface area contributed by atoms with Gasteiger partial charge in [-0.25, -0.2) is 4.79 Å². The third-order valence-corrected chi connectivity index (χ3v) is 14.6. The van der Waals surface area contributed by atoms with Crippen molar-refractivity contribution in [2.75, 3.05) is 33.0 Å². The van der Waals surface area contributed by atoms with E-state index in [1.807, 2.05) is 0 Å². The maximum absolute atomic E-state index is 11.6. The Morgan fingerprint density at radius 2 is 0.895 bits per heavy atom. The van der Waals surface area contributed by atoms with Gasteiger partial charge in [0.2, 0.25) is 0 Å². The third-order valence-electron chi connectivity index (χ3n) is 2.59. The minimum Gasteiger partial charge on any atom is -0.855 e. The summed E-state index contributed by atoms with van der Waals surface area (Å²) in [4.78, 5) is 11.6. The summed E-state index contributed by atoms with van der Waals surface area (Å²) in [5.41, 5.74) is 0.415. The van der Waals surface area contributed by atoms with Gasteiger partial charge in [0.25, 0.3) is 0 Å². The molecular weight excluding hydrogens is 592 g/mol. The zero-order chi connectivity index (χ0) is 30.9. The number of carbonyl (C=O) groups excluding carboxylic acids is 1. The molecule has 0 radical (unpaired) electrons. The number of esters is 1. The summed E-state index contributed by atoms with van der Waals surface area (Å²) in [5, 5.41) is 35.7. The van der Waals surface area contributed by atoms with E-state index < -0.39 is 33.8 Å². The van der Waals surface area contributed by atoms with Crippen LogP contribution in [0.1, 0.15) is 41.0 Å². The largest absolute Gasteiger partial charge is 4.00 e. The van der Waals surface area contributed by atoms with Gasteiger partial charge in [-0.1, -0.05) is 34.3 Å². The van der Waals surface area contributed by atoms with E-state index in [0.29, 0.717) is 24.6 Å². The first-order valence-corrected chi connectivity index (χ1v) is 25.0. The SMILES string of the molecule is C=C(C)C(=O)OCCC[Si](O[Si](C)(C)C)(O[Si](C)(C)C)O[Si](C)(C)C.CC[O-].CC[O-].CC[O-].CC[O-].[Ti+4]. The van der Waals surface area contributed by atoms with Crippen LogP contribution in [0.4, 0.5) is 0 Å². The summed E-state index contributed by atoms with van der Waals surface area (Å²) in [6.07, 6.45) is 0.671. The molecule has 0 aliphatic rings. The molecule has 0 aromatic heterocycles. The minimum atomic E-state index is -2.83. The van der Waals surface area contributed by atoms with E-state index in [4.69, 9.17) is 37.5 Å². The number of carbonyl (C=O) groups is 1. The van der Waals surface area contributed by atoms with Gasteiger partial charge in [-0.3, -0.25) is 0 Å². The molecule has 0 bridgehead atoms. The standard InChI is InChI=1S/C16H38O5Si4.4C2H5O.Ti/c1-15(2)16(17)18-13-12-14-25(19-22(3,4)5,20-23(6,7)8)21-24(9,10)11;4*1-2-3;/h1,12-14H2,2-11H3;4*2H2,1H3;/q;4*-1;+4. The van der Waals surface area contributed by atoms with Crippen molar-refractivity contribution in [1.29, 1.82) is 0 Å². The molecule has 0 spiro atoms. The molecule has 0 atom stereocenters. The summed E-state index contributed by atoms with van der Waals surface area (Å²) >= 11 is 0. The second-order valence-corrected chi connectivity index (χ2v) is 27.5. The molecule has 0 fully saturated rings. The van der Waals surface area contributed by atoms with Crippen molar-refractivity contribution in [2.45, 2.75) is 106 Å². The van der Waals surface area contributed by atoms with Crippen LogP contribution >= 0.6 is 0 Å². The predicted octanol–water partition coefficient (Wildman–Crippen LogP) is 2.45. The Labute approximate surface area is 254 Å². The molecule has 0 aromatic carbocycles. The van der Waals surface area contributed by atoms with Crippen LogP contribution < -0.4 is 20.4 Å². The second kappa shape index (κ2) is 29.0. The van der Waals surface area contributed by atoms with Gasteiger partial charge in [0, 0.05) is 11.6 Å². The minimum absolute atomic E-state index is 0. The zero-order valence-corrected chi connectivity index (χ0v) is 32.4. The Morgan fingerprint density at radius 3 is 1.08 bits per heavy atom. The Kier molecular flexibility index (Phi) is 39.2. The summed E-state index contributed by atoms with van der Waals surface area (Å²) in [6, 6.07) is 0.676. The molecule has 0 aliphatic carbocycles. The predicted molar refractivity (Wildman–Crippen MR) is 156 cm³/mol. The van der Waals surface area contributed by atoms with Gasteiger partial charge >= 0.3 is 36.5 Å². The van der Waals surface area contributed by atoms with Crippen molar-refractivity contribution in [1.82, 2.24) is 0 Å². The molecule has 0 amide bonds. The van der Waals surface area contributed by atoms with Crippen molar-refractivity contribution in [3.63, 3.8) is 0 Å². The van der Waals surface area contributed by atoms with Crippen LogP contribution in [0.25, 0.3) is 0 Å². The average Bonchev–Trinajstić information content (AvgIpc) is 2.63. The van der Waals surface area contributed by atoms with Crippen molar-refractivity contribution in [3.8, 4) is 0 Å². The monoisotopic (exact) mass is 650 g/mol. The maximum Gasteiger partial charge on any atom is 4.00 e. The molecule has 0 saturated heterocycles. The van der Waals surface area contributed by atoms with Crippen LogP contribution in [-0.2, 0) is 43.6 Å². The molecule has 9 nitrogen and oxygen atoms in total. The molecule has 0 unspecified atom stereocenters. The van der Waals surface area contributed by atoms with E-state index in [1.165, 1.54) is 0 Å². The van der Waals surface area contributed by atoms with Crippen molar-refractivity contribution in [3.05, 3.63) is 12.2 Å². The average molecular weight is 651 g/mol. The van der Waals surface area contributed by atoms with Gasteiger partial charge in [0.15, 0.2) is 25.0 Å². The van der Waals surface area contributed by atoms with Gasteiger partial charge in [-0.2, -0.15) is 0 Å². The van der Waals surface area contributed by atoms with Crippen LogP contribution in [0.5, 0.6) is 0 Å². The second-order valence-electron chi connectivity index (χ2n) is 10.5. The molecule has 0 rings (SSSR count). The van der Waals surface area contributed by atoms with E-state index in [9.17, 15) is 4.79 Å². The molecule has 0 aromatic rings. The van der Waals surface area contributed by atoms with Crippen LogP contribution in [0.2, 0.25) is 65.0 Å². The summed E-state index contributed by atoms with van der Waals surface area (Å²) < 4.78 is 25.0. The van der Waals surface area contributed by atoms with Crippen LogP contribution in [0.3, 0.4) is 0 Å². The third kappa shape index (κ3) is 49.5. The fourth-order valence-electron chi connectivity index (χ4n) is 2.19. The maximum atomic E-state index is 11.6. The van der Waals surface area contributed by atoms with Crippen molar-refractivity contribution in [2.24, 2.45) is 0 Å². The van der Waals surface area contributed by atoms with E-state index in [-0.39, 0.29) is 54.1 Å². The normalized spacial score (nSPS) is 10.9. The Morgan fingerprint density at radius 1 is 0.658 bits per heavy atom. The van der Waals surface area contributed by atoms with Gasteiger partial charge in [0.05, 0.1) is 6.61 Å². The molecule has 0 N–H and O–H groups in total. The van der Waals surface area contributed by atoms with Crippen LogP contribution in [0, 0.1) is 0 Å². The van der Waals surface area contributed by atoms with E-state index in [1.54, 1.807) is 34.6 Å². The van der Waals surface area contributed by atoms with Gasteiger partial charge in [-0.05, 0) is 72.3 Å².